The average Bonchev–Trinajstić information content (AvgIpc) is 2.44. The molecule has 0 heterocycles. The van der Waals surface area contributed by atoms with Gasteiger partial charge < -0.3 is 5.11 Å². The Balaban J connectivity index is 2.66. The lowest BCUT2D eigenvalue weighted by atomic mass is 9.77. The molecule has 0 fully saturated rings. The van der Waals surface area contributed by atoms with Crippen LogP contribution in [0.5, 0.6) is 5.75 Å². The molecule has 0 aromatic heterocycles. The first-order valence-corrected chi connectivity index (χ1v) is 9.20. The number of rotatable bonds is 1. The summed E-state index contributed by atoms with van der Waals surface area (Å²) in [7, 11) is 0. The van der Waals surface area contributed by atoms with Crippen molar-refractivity contribution in [3.8, 4) is 16.9 Å². The molecule has 0 aliphatic rings. The van der Waals surface area contributed by atoms with Crippen molar-refractivity contribution in [3.05, 3.63) is 53.1 Å². The molecule has 0 aliphatic heterocycles. The summed E-state index contributed by atoms with van der Waals surface area (Å²) in [4.78, 5) is 0. The summed E-state index contributed by atoms with van der Waals surface area (Å²) in [5.41, 5.74) is 5.67. The summed E-state index contributed by atoms with van der Waals surface area (Å²) >= 11 is 0. The molecule has 0 radical (unpaired) electrons. The average molecular weight is 339 g/mol. The van der Waals surface area contributed by atoms with E-state index >= 15 is 0 Å². The van der Waals surface area contributed by atoms with Gasteiger partial charge in [0.2, 0.25) is 0 Å². The van der Waals surface area contributed by atoms with Crippen LogP contribution in [0.3, 0.4) is 0 Å². The predicted molar refractivity (Wildman–Crippen MR) is 110 cm³/mol. The first-order valence-electron chi connectivity index (χ1n) is 9.20. The van der Waals surface area contributed by atoms with Crippen molar-refractivity contribution in [1.82, 2.24) is 0 Å². The zero-order chi connectivity index (χ0) is 19.2. The summed E-state index contributed by atoms with van der Waals surface area (Å²) in [5, 5.41) is 10.9. The van der Waals surface area contributed by atoms with Crippen molar-refractivity contribution in [1.29, 1.82) is 0 Å². The minimum absolute atomic E-state index is 0.106. The van der Waals surface area contributed by atoms with E-state index < -0.39 is 0 Å². The van der Waals surface area contributed by atoms with Crippen LogP contribution in [-0.4, -0.2) is 5.11 Å². The van der Waals surface area contributed by atoms with E-state index in [1.54, 1.807) is 0 Å². The highest BCUT2D eigenvalue weighted by Crippen LogP contribution is 2.42. The normalized spacial score (nSPS) is 13.2. The van der Waals surface area contributed by atoms with Crippen molar-refractivity contribution >= 4 is 0 Å². The van der Waals surface area contributed by atoms with E-state index in [1.807, 2.05) is 0 Å². The van der Waals surface area contributed by atoms with Crippen LogP contribution in [0.2, 0.25) is 0 Å². The third-order valence-electron chi connectivity index (χ3n) is 4.81. The van der Waals surface area contributed by atoms with Crippen molar-refractivity contribution in [2.24, 2.45) is 0 Å². The maximum absolute atomic E-state index is 10.9. The van der Waals surface area contributed by atoms with Crippen LogP contribution in [-0.2, 0) is 16.2 Å². The largest absolute Gasteiger partial charge is 0.507 e. The van der Waals surface area contributed by atoms with Crippen LogP contribution in [0, 0.1) is 0 Å². The highest BCUT2D eigenvalue weighted by molar-refractivity contribution is 5.69. The second-order valence-electron chi connectivity index (χ2n) is 10.2. The molecule has 2 rings (SSSR count). The third kappa shape index (κ3) is 4.26. The topological polar surface area (TPSA) is 20.2 Å². The molecule has 25 heavy (non-hydrogen) atoms. The van der Waals surface area contributed by atoms with Crippen molar-refractivity contribution in [2.45, 2.75) is 78.6 Å². The van der Waals surface area contributed by atoms with Gasteiger partial charge in [0.1, 0.15) is 5.75 Å². The zero-order valence-corrected chi connectivity index (χ0v) is 17.4. The SMILES string of the molecule is CC(C)(C)c1ccc(-c2cc(C(C)(C)C)c(O)c(C(C)(C)C)c2)cc1. The highest BCUT2D eigenvalue weighted by atomic mass is 16.3. The summed E-state index contributed by atoms with van der Waals surface area (Å²) in [6.45, 7) is 19.6. The van der Waals surface area contributed by atoms with Gasteiger partial charge in [-0.3, -0.25) is 0 Å². The van der Waals surface area contributed by atoms with Crippen LogP contribution in [0.1, 0.15) is 79.0 Å². The molecule has 2 aromatic carbocycles. The van der Waals surface area contributed by atoms with Gasteiger partial charge in [-0.25, -0.2) is 0 Å². The molecule has 0 bridgehead atoms. The number of hydrogen-bond donors (Lipinski definition) is 1. The third-order valence-corrected chi connectivity index (χ3v) is 4.81. The van der Waals surface area contributed by atoms with Gasteiger partial charge in [0.25, 0.3) is 0 Å². The first kappa shape index (κ1) is 19.6. The number of phenols is 1. The number of aromatic hydroxyl groups is 1. The lowest BCUT2D eigenvalue weighted by Gasteiger charge is -2.28. The Morgan fingerprint density at radius 1 is 0.560 bits per heavy atom. The molecule has 136 valence electrons. The van der Waals surface area contributed by atoms with Gasteiger partial charge >= 0.3 is 0 Å². The quantitative estimate of drug-likeness (QED) is 0.596. The van der Waals surface area contributed by atoms with Crippen molar-refractivity contribution < 1.29 is 5.11 Å². The van der Waals surface area contributed by atoms with Crippen molar-refractivity contribution in [2.75, 3.05) is 0 Å². The summed E-state index contributed by atoms with van der Waals surface area (Å²) in [6.07, 6.45) is 0. The Bertz CT molecular complexity index is 710. The van der Waals surface area contributed by atoms with Gasteiger partial charge in [-0.15, -0.1) is 0 Å². The van der Waals surface area contributed by atoms with Crippen LogP contribution in [0.15, 0.2) is 36.4 Å². The number of hydrogen-bond acceptors (Lipinski definition) is 1. The van der Waals surface area contributed by atoms with E-state index in [0.29, 0.717) is 5.75 Å². The summed E-state index contributed by atoms with van der Waals surface area (Å²) < 4.78 is 0. The second kappa shape index (κ2) is 6.20. The molecule has 0 amide bonds. The minimum atomic E-state index is -0.106. The monoisotopic (exact) mass is 338 g/mol. The summed E-state index contributed by atoms with van der Waals surface area (Å²) in [5.74, 6) is 0.440. The molecular formula is C24H34O. The molecule has 2 aromatic rings. The fourth-order valence-corrected chi connectivity index (χ4v) is 3.11. The van der Waals surface area contributed by atoms with Gasteiger partial charge in [-0.1, -0.05) is 86.6 Å². The molecule has 0 aliphatic carbocycles. The number of phenolic OH excluding ortho intramolecular Hbond substituents is 1. The van der Waals surface area contributed by atoms with Gasteiger partial charge in [-0.2, -0.15) is 0 Å². The Kier molecular flexibility index (Phi) is 4.85. The van der Waals surface area contributed by atoms with Gasteiger partial charge in [-0.05, 0) is 45.1 Å². The van der Waals surface area contributed by atoms with Gasteiger partial charge in [0.05, 0.1) is 0 Å². The molecule has 1 nitrogen and oxygen atoms in total. The molecule has 0 spiro atoms. The molecule has 0 saturated carbocycles. The number of benzene rings is 2. The lowest BCUT2D eigenvalue weighted by molar-refractivity contribution is 0.423. The highest BCUT2D eigenvalue weighted by Gasteiger charge is 2.26. The molecular weight excluding hydrogens is 304 g/mol. The molecule has 0 unspecified atom stereocenters. The van der Waals surface area contributed by atoms with Crippen LogP contribution in [0.4, 0.5) is 0 Å². The summed E-state index contributed by atoms with van der Waals surface area (Å²) in [6, 6.07) is 13.1. The van der Waals surface area contributed by atoms with Crippen LogP contribution >= 0.6 is 0 Å². The smallest absolute Gasteiger partial charge is 0.123 e. The Labute approximate surface area is 154 Å². The fraction of sp³-hybridized carbons (Fsp3) is 0.500. The molecule has 1 heteroatoms. The second-order valence-corrected chi connectivity index (χ2v) is 10.2. The Morgan fingerprint density at radius 2 is 0.960 bits per heavy atom. The van der Waals surface area contributed by atoms with Crippen molar-refractivity contribution in [3.63, 3.8) is 0 Å². The maximum Gasteiger partial charge on any atom is 0.123 e. The maximum atomic E-state index is 10.9. The minimum Gasteiger partial charge on any atom is -0.507 e. The Hall–Kier alpha value is -1.76. The zero-order valence-electron chi connectivity index (χ0n) is 17.4. The van der Waals surface area contributed by atoms with E-state index in [-0.39, 0.29) is 16.2 Å². The predicted octanol–water partition coefficient (Wildman–Crippen LogP) is 6.95. The lowest BCUT2D eigenvalue weighted by Crippen LogP contribution is -2.17. The van der Waals surface area contributed by atoms with E-state index in [9.17, 15) is 5.11 Å². The molecule has 0 saturated heterocycles. The molecule has 1 N–H and O–H groups in total. The van der Waals surface area contributed by atoms with E-state index in [1.165, 1.54) is 16.7 Å². The molecule has 0 atom stereocenters. The van der Waals surface area contributed by atoms with Gasteiger partial charge in [0, 0.05) is 11.1 Å². The fourth-order valence-electron chi connectivity index (χ4n) is 3.11. The van der Waals surface area contributed by atoms with E-state index in [2.05, 4.69) is 98.7 Å². The van der Waals surface area contributed by atoms with Crippen LogP contribution in [0.25, 0.3) is 11.1 Å². The van der Waals surface area contributed by atoms with E-state index in [0.717, 1.165) is 11.1 Å². The standard InChI is InChI=1S/C24H34O/c1-22(2,3)18-12-10-16(11-13-18)17-14-19(23(4,5)6)21(25)20(15-17)24(7,8)9/h10-15,25H,1-9H3. The van der Waals surface area contributed by atoms with E-state index in [4.69, 9.17) is 0 Å². The van der Waals surface area contributed by atoms with Crippen LogP contribution < -0.4 is 0 Å². The van der Waals surface area contributed by atoms with Gasteiger partial charge in [0.15, 0.2) is 0 Å². The Morgan fingerprint density at radius 3 is 1.28 bits per heavy atom. The first-order chi connectivity index (χ1) is 11.2.